The molecule has 2 aromatic heterocycles. The number of aromatic nitrogens is 1. The van der Waals surface area contributed by atoms with E-state index in [4.69, 9.17) is 5.14 Å². The van der Waals surface area contributed by atoms with Crippen LogP contribution in [0.2, 0.25) is 0 Å². The van der Waals surface area contributed by atoms with Gasteiger partial charge >= 0.3 is 0 Å². The van der Waals surface area contributed by atoms with E-state index >= 15 is 0 Å². The first-order chi connectivity index (χ1) is 11.4. The molecule has 0 aliphatic carbocycles. The van der Waals surface area contributed by atoms with E-state index in [1.165, 1.54) is 11.4 Å². The lowest BCUT2D eigenvalue weighted by atomic mass is 10.3. The van der Waals surface area contributed by atoms with E-state index < -0.39 is 10.0 Å². The number of aryl methyl sites for hydroxylation is 1. The molecule has 1 aromatic carbocycles. The van der Waals surface area contributed by atoms with Crippen LogP contribution in [0.1, 0.15) is 21.8 Å². The molecule has 0 fully saturated rings. The fourth-order valence-electron chi connectivity index (χ4n) is 2.16. The van der Waals surface area contributed by atoms with Gasteiger partial charge in [-0.25, -0.2) is 18.5 Å². The van der Waals surface area contributed by atoms with Crippen LogP contribution in [0.25, 0.3) is 10.2 Å². The number of amides is 1. The van der Waals surface area contributed by atoms with Crippen LogP contribution in [0.3, 0.4) is 0 Å². The van der Waals surface area contributed by atoms with Gasteiger partial charge in [0.25, 0.3) is 5.91 Å². The Kier molecular flexibility index (Phi) is 4.95. The van der Waals surface area contributed by atoms with Crippen molar-refractivity contribution in [1.29, 1.82) is 0 Å². The number of hydrogen-bond acceptors (Lipinski definition) is 6. The van der Waals surface area contributed by atoms with Gasteiger partial charge in [0.1, 0.15) is 4.21 Å². The topological polar surface area (TPSA) is 102 Å². The molecule has 3 N–H and O–H groups in total. The molecule has 0 radical (unpaired) electrons. The molecule has 3 rings (SSSR count). The molecule has 0 spiro atoms. The van der Waals surface area contributed by atoms with Gasteiger partial charge in [-0.15, -0.1) is 22.7 Å². The quantitative estimate of drug-likeness (QED) is 0.640. The van der Waals surface area contributed by atoms with Gasteiger partial charge in [0.15, 0.2) is 0 Å². The molecule has 2 heterocycles. The fraction of sp³-hybridized carbons (Fsp3) is 0.200. The summed E-state index contributed by atoms with van der Waals surface area (Å²) in [5.41, 5.74) is 1.30. The van der Waals surface area contributed by atoms with E-state index in [1.807, 2.05) is 24.3 Å². The molecule has 1 amide bonds. The van der Waals surface area contributed by atoms with Crippen molar-refractivity contribution in [2.45, 2.75) is 17.1 Å². The Morgan fingerprint density at radius 2 is 2.08 bits per heavy atom. The molecule has 0 unspecified atom stereocenters. The third-order valence-electron chi connectivity index (χ3n) is 3.31. The zero-order valence-electron chi connectivity index (χ0n) is 12.6. The molecule has 9 heteroatoms. The number of sulfonamides is 1. The Morgan fingerprint density at radius 3 is 2.79 bits per heavy atom. The summed E-state index contributed by atoms with van der Waals surface area (Å²) < 4.78 is 23.6. The maximum Gasteiger partial charge on any atom is 0.252 e. The molecule has 6 nitrogen and oxygen atoms in total. The fourth-order valence-corrected chi connectivity index (χ4v) is 4.75. The number of rotatable bonds is 6. The van der Waals surface area contributed by atoms with E-state index in [0.717, 1.165) is 39.4 Å². The molecule has 0 aliphatic heterocycles. The molecule has 0 atom stereocenters. The highest BCUT2D eigenvalue weighted by molar-refractivity contribution is 7.91. The van der Waals surface area contributed by atoms with Gasteiger partial charge in [-0.1, -0.05) is 12.1 Å². The third kappa shape index (κ3) is 3.99. The van der Waals surface area contributed by atoms with Crippen LogP contribution in [0.15, 0.2) is 39.9 Å². The van der Waals surface area contributed by atoms with Crippen molar-refractivity contribution in [3.8, 4) is 0 Å². The van der Waals surface area contributed by atoms with Crippen LogP contribution in [-0.2, 0) is 16.4 Å². The highest BCUT2D eigenvalue weighted by Gasteiger charge is 2.15. The number of carbonyl (C=O) groups is 1. The molecule has 0 saturated heterocycles. The zero-order chi connectivity index (χ0) is 17.2. The van der Waals surface area contributed by atoms with Gasteiger partial charge < -0.3 is 5.32 Å². The molecule has 24 heavy (non-hydrogen) atoms. The number of thiophene rings is 1. The van der Waals surface area contributed by atoms with Crippen molar-refractivity contribution in [2.75, 3.05) is 6.54 Å². The van der Waals surface area contributed by atoms with E-state index in [-0.39, 0.29) is 10.1 Å². The van der Waals surface area contributed by atoms with Crippen LogP contribution in [-0.4, -0.2) is 25.9 Å². The van der Waals surface area contributed by atoms with E-state index in [0.29, 0.717) is 12.1 Å². The first kappa shape index (κ1) is 17.0. The maximum atomic E-state index is 12.0. The molecule has 3 aromatic rings. The Balaban J connectivity index is 1.51. The monoisotopic (exact) mass is 381 g/mol. The highest BCUT2D eigenvalue weighted by atomic mass is 32.2. The molecule has 0 aliphatic rings. The maximum absolute atomic E-state index is 12.0. The van der Waals surface area contributed by atoms with Crippen molar-refractivity contribution < 1.29 is 13.2 Å². The number of para-hydroxylation sites is 1. The van der Waals surface area contributed by atoms with Crippen LogP contribution in [0.5, 0.6) is 0 Å². The summed E-state index contributed by atoms with van der Waals surface area (Å²) in [4.78, 5) is 16.5. The average molecular weight is 382 g/mol. The Morgan fingerprint density at radius 1 is 1.29 bits per heavy atom. The normalized spacial score (nSPS) is 11.7. The Hall–Kier alpha value is -1.81. The Bertz CT molecular complexity index is 943. The Labute approximate surface area is 147 Å². The van der Waals surface area contributed by atoms with E-state index in [1.54, 1.807) is 11.3 Å². The number of primary sulfonamides is 1. The van der Waals surface area contributed by atoms with Gasteiger partial charge in [-0.3, -0.25) is 4.79 Å². The van der Waals surface area contributed by atoms with Gasteiger partial charge in [0, 0.05) is 18.3 Å². The summed E-state index contributed by atoms with van der Waals surface area (Å²) in [7, 11) is -3.76. The minimum absolute atomic E-state index is 0.0119. The lowest BCUT2D eigenvalue weighted by Gasteiger charge is -2.02. The molecular weight excluding hydrogens is 366 g/mol. The van der Waals surface area contributed by atoms with Gasteiger partial charge in [0.05, 0.1) is 20.8 Å². The summed E-state index contributed by atoms with van der Waals surface area (Å²) >= 11 is 2.60. The van der Waals surface area contributed by atoms with Crippen molar-refractivity contribution in [3.05, 3.63) is 46.3 Å². The molecule has 0 bridgehead atoms. The van der Waals surface area contributed by atoms with E-state index in [9.17, 15) is 13.2 Å². The first-order valence-corrected chi connectivity index (χ1v) is 10.4. The summed E-state index contributed by atoms with van der Waals surface area (Å²) in [6.45, 7) is 0.495. The minimum atomic E-state index is -3.76. The number of hydrogen-bond donors (Lipinski definition) is 2. The predicted molar refractivity (Wildman–Crippen MR) is 96.0 cm³/mol. The molecular formula is C15H15N3O3S3. The van der Waals surface area contributed by atoms with Crippen LogP contribution in [0, 0.1) is 0 Å². The largest absolute Gasteiger partial charge is 0.352 e. The standard InChI is InChI=1S/C15H15N3O3S3/c16-24(20,21)14-8-10(9-22-14)15(19)17-7-3-6-13-18-11-4-1-2-5-12(11)23-13/h1-2,4-5,8-9H,3,6-7H2,(H,17,19)(H2,16,20,21). The SMILES string of the molecule is NS(=O)(=O)c1cc(C(=O)NCCCc2nc3ccccc3s2)cs1. The number of thiazole rings is 1. The van der Waals surface area contributed by atoms with Crippen LogP contribution < -0.4 is 10.5 Å². The lowest BCUT2D eigenvalue weighted by molar-refractivity contribution is 0.0953. The zero-order valence-corrected chi connectivity index (χ0v) is 15.0. The lowest BCUT2D eigenvalue weighted by Crippen LogP contribution is -2.24. The van der Waals surface area contributed by atoms with Gasteiger partial charge in [-0.05, 0) is 24.6 Å². The second-order valence-corrected chi connectivity index (χ2v) is 8.95. The summed E-state index contributed by atoms with van der Waals surface area (Å²) in [5, 5.41) is 10.3. The van der Waals surface area contributed by atoms with Crippen molar-refractivity contribution in [1.82, 2.24) is 10.3 Å². The molecule has 0 saturated carbocycles. The van der Waals surface area contributed by atoms with Gasteiger partial charge in [-0.2, -0.15) is 0 Å². The second-order valence-electron chi connectivity index (χ2n) is 5.13. The van der Waals surface area contributed by atoms with Crippen molar-refractivity contribution in [2.24, 2.45) is 5.14 Å². The van der Waals surface area contributed by atoms with Crippen molar-refractivity contribution >= 4 is 48.8 Å². The third-order valence-corrected chi connectivity index (χ3v) is 6.79. The number of fused-ring (bicyclic) bond motifs is 1. The van der Waals surface area contributed by atoms with Crippen LogP contribution in [0.4, 0.5) is 0 Å². The average Bonchev–Trinajstić information content (AvgIpc) is 3.17. The second kappa shape index (κ2) is 6.98. The number of benzene rings is 1. The van der Waals surface area contributed by atoms with Crippen molar-refractivity contribution in [3.63, 3.8) is 0 Å². The number of nitrogens with two attached hydrogens (primary N) is 1. The highest BCUT2D eigenvalue weighted by Crippen LogP contribution is 2.22. The number of nitrogens with one attached hydrogen (secondary N) is 1. The first-order valence-electron chi connectivity index (χ1n) is 7.17. The number of carbonyl (C=O) groups excluding carboxylic acids is 1. The minimum Gasteiger partial charge on any atom is -0.352 e. The van der Waals surface area contributed by atoms with Gasteiger partial charge in [0.2, 0.25) is 10.0 Å². The summed E-state index contributed by atoms with van der Waals surface area (Å²) in [5.74, 6) is -0.301. The summed E-state index contributed by atoms with van der Waals surface area (Å²) in [6, 6.07) is 9.27. The predicted octanol–water partition coefficient (Wildman–Crippen LogP) is 2.37. The number of nitrogens with zero attached hydrogens (tertiary/aromatic N) is 1. The van der Waals surface area contributed by atoms with E-state index in [2.05, 4.69) is 10.3 Å². The summed E-state index contributed by atoms with van der Waals surface area (Å²) in [6.07, 6.45) is 1.55. The molecule has 126 valence electrons. The smallest absolute Gasteiger partial charge is 0.252 e. The van der Waals surface area contributed by atoms with Crippen LogP contribution >= 0.6 is 22.7 Å².